The van der Waals surface area contributed by atoms with E-state index in [1.54, 1.807) is 0 Å². The number of benzene rings is 1. The summed E-state index contributed by atoms with van der Waals surface area (Å²) in [6.07, 6.45) is 2.08. The van der Waals surface area contributed by atoms with Gasteiger partial charge in [-0.15, -0.1) is 10.2 Å². The van der Waals surface area contributed by atoms with Crippen LogP contribution in [0.15, 0.2) is 24.3 Å². The van der Waals surface area contributed by atoms with Gasteiger partial charge in [0.15, 0.2) is 5.82 Å². The molecule has 0 bridgehead atoms. The van der Waals surface area contributed by atoms with E-state index in [0.29, 0.717) is 6.54 Å². The van der Waals surface area contributed by atoms with Crippen LogP contribution in [0.2, 0.25) is 0 Å². The largest absolute Gasteiger partial charge is 0.331 e. The molecular weight excluding hydrogens is 254 g/mol. The highest BCUT2D eigenvalue weighted by Crippen LogP contribution is 2.14. The molecule has 1 aliphatic heterocycles. The molecule has 1 aromatic heterocycles. The smallest absolute Gasteiger partial charge is 0.319 e. The van der Waals surface area contributed by atoms with Crippen LogP contribution in [-0.2, 0) is 19.5 Å². The number of hydrogen-bond donors (Lipinski definition) is 2. The van der Waals surface area contributed by atoms with E-state index in [1.807, 2.05) is 31.2 Å². The topological polar surface area (TPSA) is 71.8 Å². The molecule has 0 spiro atoms. The third-order valence-corrected chi connectivity index (χ3v) is 3.37. The van der Waals surface area contributed by atoms with Gasteiger partial charge >= 0.3 is 6.03 Å². The van der Waals surface area contributed by atoms with Crippen molar-refractivity contribution in [1.82, 2.24) is 20.1 Å². The Bertz CT molecular complexity index is 634. The van der Waals surface area contributed by atoms with Gasteiger partial charge in [0.2, 0.25) is 0 Å². The van der Waals surface area contributed by atoms with Crippen LogP contribution in [0, 0.1) is 6.92 Å². The molecule has 0 radical (unpaired) electrons. The maximum absolute atomic E-state index is 11.8. The van der Waals surface area contributed by atoms with Crippen LogP contribution in [0.3, 0.4) is 0 Å². The van der Waals surface area contributed by atoms with Crippen LogP contribution in [0.4, 0.5) is 10.5 Å². The minimum atomic E-state index is -0.231. The molecule has 104 valence electrons. The number of amides is 2. The fourth-order valence-electron chi connectivity index (χ4n) is 2.40. The molecule has 2 N–H and O–H groups in total. The predicted octanol–water partition coefficient (Wildman–Crippen LogP) is 1.85. The number of carbonyl (C=O) groups is 1. The molecule has 0 saturated heterocycles. The van der Waals surface area contributed by atoms with Crippen molar-refractivity contribution in [3.63, 3.8) is 0 Å². The van der Waals surface area contributed by atoms with Gasteiger partial charge in [0.25, 0.3) is 0 Å². The highest BCUT2D eigenvalue weighted by Gasteiger charge is 2.17. The first-order valence-electron chi connectivity index (χ1n) is 6.75. The van der Waals surface area contributed by atoms with E-state index in [2.05, 4.69) is 25.4 Å². The fraction of sp³-hybridized carbons (Fsp3) is 0.357. The highest BCUT2D eigenvalue weighted by atomic mass is 16.2. The molecule has 6 nitrogen and oxygen atoms in total. The standard InChI is InChI=1S/C14H17N5O/c1-10-4-2-5-11(8-10)16-14(20)15-9-13-18-17-12-6-3-7-19(12)13/h2,4-5,8H,3,6-7,9H2,1H3,(H2,15,16,20). The number of anilines is 1. The third kappa shape index (κ3) is 2.64. The van der Waals surface area contributed by atoms with Crippen molar-refractivity contribution in [3.05, 3.63) is 41.5 Å². The molecule has 2 amide bonds. The van der Waals surface area contributed by atoms with Crippen LogP contribution in [0.25, 0.3) is 0 Å². The van der Waals surface area contributed by atoms with Crippen LogP contribution < -0.4 is 10.6 Å². The summed E-state index contributed by atoms with van der Waals surface area (Å²) in [6, 6.07) is 7.46. The summed E-state index contributed by atoms with van der Waals surface area (Å²) in [5, 5.41) is 13.8. The average molecular weight is 271 g/mol. The van der Waals surface area contributed by atoms with Crippen molar-refractivity contribution in [1.29, 1.82) is 0 Å². The van der Waals surface area contributed by atoms with Gasteiger partial charge in [0, 0.05) is 18.7 Å². The Morgan fingerprint density at radius 1 is 1.40 bits per heavy atom. The first-order valence-corrected chi connectivity index (χ1v) is 6.75. The van der Waals surface area contributed by atoms with E-state index in [0.717, 1.165) is 42.3 Å². The maximum atomic E-state index is 11.8. The number of aromatic nitrogens is 3. The molecule has 0 unspecified atom stereocenters. The summed E-state index contributed by atoms with van der Waals surface area (Å²) < 4.78 is 2.08. The van der Waals surface area contributed by atoms with Gasteiger partial charge in [-0.25, -0.2) is 4.79 Å². The van der Waals surface area contributed by atoms with Gasteiger partial charge in [-0.05, 0) is 31.0 Å². The summed E-state index contributed by atoms with van der Waals surface area (Å²) in [5.74, 6) is 1.83. The number of urea groups is 1. The van der Waals surface area contributed by atoms with E-state index in [4.69, 9.17) is 0 Å². The van der Waals surface area contributed by atoms with Gasteiger partial charge in [-0.2, -0.15) is 0 Å². The lowest BCUT2D eigenvalue weighted by Crippen LogP contribution is -2.29. The molecule has 0 atom stereocenters. The molecule has 0 fully saturated rings. The first-order chi connectivity index (χ1) is 9.72. The number of nitrogens with one attached hydrogen (secondary N) is 2. The van der Waals surface area contributed by atoms with Crippen molar-refractivity contribution in [3.8, 4) is 0 Å². The molecule has 3 rings (SSSR count). The van der Waals surface area contributed by atoms with E-state index in [9.17, 15) is 4.79 Å². The third-order valence-electron chi connectivity index (χ3n) is 3.37. The van der Waals surface area contributed by atoms with E-state index < -0.39 is 0 Å². The van der Waals surface area contributed by atoms with Crippen molar-refractivity contribution >= 4 is 11.7 Å². The Labute approximate surface area is 117 Å². The number of carbonyl (C=O) groups excluding carboxylic acids is 1. The summed E-state index contributed by atoms with van der Waals surface area (Å²) in [7, 11) is 0. The summed E-state index contributed by atoms with van der Waals surface area (Å²) in [6.45, 7) is 3.33. The second-order valence-corrected chi connectivity index (χ2v) is 4.96. The second kappa shape index (κ2) is 5.32. The SMILES string of the molecule is Cc1cccc(NC(=O)NCc2nnc3n2CCC3)c1. The van der Waals surface area contributed by atoms with Gasteiger partial charge in [-0.1, -0.05) is 12.1 Å². The fourth-order valence-corrected chi connectivity index (χ4v) is 2.40. The zero-order valence-electron chi connectivity index (χ0n) is 11.4. The van der Waals surface area contributed by atoms with E-state index in [-0.39, 0.29) is 6.03 Å². The van der Waals surface area contributed by atoms with Crippen molar-refractivity contribution < 1.29 is 4.79 Å². The Kier molecular flexibility index (Phi) is 3.37. The van der Waals surface area contributed by atoms with Crippen LogP contribution in [-0.4, -0.2) is 20.8 Å². The molecule has 1 aromatic carbocycles. The van der Waals surface area contributed by atoms with Gasteiger partial charge < -0.3 is 15.2 Å². The maximum Gasteiger partial charge on any atom is 0.319 e. The molecule has 1 aliphatic rings. The summed E-state index contributed by atoms with van der Waals surface area (Å²) in [4.78, 5) is 11.8. The molecule has 2 heterocycles. The second-order valence-electron chi connectivity index (χ2n) is 4.96. The quantitative estimate of drug-likeness (QED) is 0.895. The van der Waals surface area contributed by atoms with Crippen molar-refractivity contribution in [2.75, 3.05) is 5.32 Å². The minimum absolute atomic E-state index is 0.231. The zero-order chi connectivity index (χ0) is 13.9. The minimum Gasteiger partial charge on any atom is -0.331 e. The normalized spacial score (nSPS) is 13.1. The van der Waals surface area contributed by atoms with E-state index >= 15 is 0 Å². The predicted molar refractivity (Wildman–Crippen MR) is 75.4 cm³/mol. The Morgan fingerprint density at radius 2 is 2.30 bits per heavy atom. The van der Waals surface area contributed by atoms with Crippen molar-refractivity contribution in [2.45, 2.75) is 32.9 Å². The number of fused-ring (bicyclic) bond motifs is 1. The molecule has 20 heavy (non-hydrogen) atoms. The van der Waals surface area contributed by atoms with Crippen LogP contribution in [0.5, 0.6) is 0 Å². The number of aryl methyl sites for hydroxylation is 2. The Morgan fingerprint density at radius 3 is 3.15 bits per heavy atom. The average Bonchev–Trinajstić information content (AvgIpc) is 2.99. The monoisotopic (exact) mass is 271 g/mol. The number of nitrogens with zero attached hydrogens (tertiary/aromatic N) is 3. The van der Waals surface area contributed by atoms with Gasteiger partial charge in [0.05, 0.1) is 6.54 Å². The Hall–Kier alpha value is -2.37. The summed E-state index contributed by atoms with van der Waals surface area (Å²) in [5.41, 5.74) is 1.90. The van der Waals surface area contributed by atoms with Crippen LogP contribution >= 0.6 is 0 Å². The van der Waals surface area contributed by atoms with Crippen LogP contribution in [0.1, 0.15) is 23.6 Å². The van der Waals surface area contributed by atoms with E-state index in [1.165, 1.54) is 0 Å². The molecule has 0 saturated carbocycles. The van der Waals surface area contributed by atoms with Gasteiger partial charge in [-0.3, -0.25) is 0 Å². The van der Waals surface area contributed by atoms with Crippen molar-refractivity contribution in [2.24, 2.45) is 0 Å². The molecular formula is C14H17N5O. The number of rotatable bonds is 3. The highest BCUT2D eigenvalue weighted by molar-refractivity contribution is 5.89. The lowest BCUT2D eigenvalue weighted by Gasteiger charge is -2.08. The van der Waals surface area contributed by atoms with Gasteiger partial charge in [0.1, 0.15) is 5.82 Å². The molecule has 6 heteroatoms. The summed E-state index contributed by atoms with van der Waals surface area (Å²) >= 11 is 0. The lowest BCUT2D eigenvalue weighted by atomic mass is 10.2. The number of hydrogen-bond acceptors (Lipinski definition) is 3. The first kappa shape index (κ1) is 12.7. The lowest BCUT2D eigenvalue weighted by molar-refractivity contribution is 0.251. The Balaban J connectivity index is 1.57. The zero-order valence-corrected chi connectivity index (χ0v) is 11.4. The molecule has 2 aromatic rings. The molecule has 0 aliphatic carbocycles.